The molecule has 0 bridgehead atoms. The molecule has 3 unspecified atom stereocenters. The first-order valence-corrected chi connectivity index (χ1v) is 10.6. The Hall–Kier alpha value is -3.68. The molecule has 18 nitrogen and oxygen atoms in total. The molecule has 3 rings (SSSR count). The highest BCUT2D eigenvalue weighted by molar-refractivity contribution is 8.00. The maximum Gasteiger partial charge on any atom is 0.323 e. The Morgan fingerprint density at radius 3 is 1.60 bits per heavy atom. The molecule has 0 aromatic rings. The van der Waals surface area contributed by atoms with Gasteiger partial charge in [0.25, 0.3) is 11.8 Å². The molecule has 2 fully saturated rings. The number of carbonyl (C=O) groups is 7. The van der Waals surface area contributed by atoms with Crippen LogP contribution in [0.3, 0.4) is 0 Å². The van der Waals surface area contributed by atoms with Gasteiger partial charge in [0.2, 0.25) is 17.1 Å². The first-order valence-electron chi connectivity index (χ1n) is 9.42. The summed E-state index contributed by atoms with van der Waals surface area (Å²) in [7, 11) is 0. The second-order valence-corrected chi connectivity index (χ2v) is 8.33. The highest BCUT2D eigenvalue weighted by Gasteiger charge is 2.48. The number of ketones is 1. The summed E-state index contributed by atoms with van der Waals surface area (Å²) in [6, 6.07) is -3.91. The summed E-state index contributed by atoms with van der Waals surface area (Å²) in [5, 5.41) is 34.5. The van der Waals surface area contributed by atoms with Crippen LogP contribution in [0.25, 0.3) is 0 Å². The van der Waals surface area contributed by atoms with Gasteiger partial charge >= 0.3 is 24.1 Å². The summed E-state index contributed by atoms with van der Waals surface area (Å²) in [4.78, 5) is 79.6. The third-order valence-corrected chi connectivity index (χ3v) is 5.56. The van der Waals surface area contributed by atoms with Crippen LogP contribution in [-0.4, -0.2) is 93.6 Å². The van der Waals surface area contributed by atoms with E-state index in [2.05, 4.69) is 15.0 Å². The van der Waals surface area contributed by atoms with Crippen LogP contribution in [0.2, 0.25) is 0 Å². The molecule has 10 amide bonds. The summed E-state index contributed by atoms with van der Waals surface area (Å²) in [5.74, 6) is -2.02. The van der Waals surface area contributed by atoms with Gasteiger partial charge in [0.05, 0.1) is 25.1 Å². The molecule has 0 radical (unpaired) electrons. The lowest BCUT2D eigenvalue weighted by Crippen LogP contribution is -2.66. The van der Waals surface area contributed by atoms with Gasteiger partial charge in [-0.1, -0.05) is 11.6 Å². The second-order valence-electron chi connectivity index (χ2n) is 6.88. The van der Waals surface area contributed by atoms with Crippen molar-refractivity contribution >= 4 is 70.4 Å². The molecule has 3 aliphatic heterocycles. The van der Waals surface area contributed by atoms with E-state index < -0.39 is 67.1 Å². The lowest BCUT2D eigenvalue weighted by Gasteiger charge is -2.26. The van der Waals surface area contributed by atoms with Gasteiger partial charge in [-0.2, -0.15) is 4.40 Å². The number of aliphatic hydroxyl groups is 2. The number of halogens is 1. The standard InChI is InChI=1S/C11H16N8O8.C4H4ClNOS/c20-1-10(4(22)14-8(26)18-10)16-6(24)12-3-13-7(25)17-11(2-21)5(23)15-9(27)19-11;1-2-3(7)4(5)6-8-2/h20-21H,1-3H2,(H2,12,16,24)(H2,13,17,25)(H2,14,18,22,26)(H2,15,19,23,27);2H,1H3. The van der Waals surface area contributed by atoms with Gasteiger partial charge in [-0.25, -0.2) is 19.2 Å². The predicted molar refractivity (Wildman–Crippen MR) is 117 cm³/mol. The molecule has 35 heavy (non-hydrogen) atoms. The Bertz CT molecular complexity index is 937. The number of carbonyl (C=O) groups excluding carboxylic acids is 7. The topological polar surface area (TPSA) is 269 Å². The zero-order valence-corrected chi connectivity index (χ0v) is 19.3. The average Bonchev–Trinajstić information content (AvgIpc) is 3.35. The Kier molecular flexibility index (Phi) is 8.79. The fraction of sp³-hybridized carbons (Fsp3) is 0.467. The molecule has 2 saturated heterocycles. The van der Waals surface area contributed by atoms with Gasteiger partial charge in [-0.05, 0) is 18.9 Å². The fourth-order valence-corrected chi connectivity index (χ4v) is 3.42. The number of Topliss-reactive ketones (excluding diaryl/α,β-unsaturated/α-hetero) is 1. The highest BCUT2D eigenvalue weighted by atomic mass is 35.5. The summed E-state index contributed by atoms with van der Waals surface area (Å²) in [5.41, 5.74) is -4.12. The highest BCUT2D eigenvalue weighted by Crippen LogP contribution is 2.22. The Morgan fingerprint density at radius 1 is 0.943 bits per heavy atom. The van der Waals surface area contributed by atoms with Crippen molar-refractivity contribution in [3.63, 3.8) is 0 Å². The van der Waals surface area contributed by atoms with E-state index in [1.807, 2.05) is 31.9 Å². The molecule has 0 spiro atoms. The van der Waals surface area contributed by atoms with Crippen molar-refractivity contribution in [1.82, 2.24) is 42.5 Å². The number of amides is 10. The third-order valence-electron chi connectivity index (χ3n) is 4.37. The maximum absolute atomic E-state index is 11.8. The van der Waals surface area contributed by atoms with Crippen molar-refractivity contribution in [3.8, 4) is 0 Å². The van der Waals surface area contributed by atoms with Crippen LogP contribution in [0.5, 0.6) is 0 Å². The van der Waals surface area contributed by atoms with E-state index in [4.69, 9.17) is 11.6 Å². The van der Waals surface area contributed by atoms with E-state index in [9.17, 15) is 43.8 Å². The number of rotatable bonds is 6. The van der Waals surface area contributed by atoms with Crippen molar-refractivity contribution in [2.45, 2.75) is 23.5 Å². The van der Waals surface area contributed by atoms with Crippen LogP contribution in [0.4, 0.5) is 19.2 Å². The van der Waals surface area contributed by atoms with Gasteiger partial charge in [-0.15, -0.1) is 0 Å². The van der Waals surface area contributed by atoms with E-state index in [0.29, 0.717) is 0 Å². The van der Waals surface area contributed by atoms with Gasteiger partial charge < -0.3 is 42.1 Å². The second kappa shape index (κ2) is 11.2. The molecular weight excluding hydrogens is 518 g/mol. The molecule has 10 N–H and O–H groups in total. The molecule has 20 heteroatoms. The molecule has 0 aromatic heterocycles. The molecule has 0 saturated carbocycles. The van der Waals surface area contributed by atoms with Crippen LogP contribution < -0.4 is 42.5 Å². The number of nitrogens with zero attached hydrogens (tertiary/aromatic N) is 1. The molecule has 3 atom stereocenters. The molecule has 3 heterocycles. The summed E-state index contributed by atoms with van der Waals surface area (Å²) >= 11 is 6.56. The van der Waals surface area contributed by atoms with Crippen LogP contribution in [0.15, 0.2) is 4.40 Å². The molecule has 0 aromatic carbocycles. The zero-order chi connectivity index (χ0) is 26.4. The summed E-state index contributed by atoms with van der Waals surface area (Å²) < 4.78 is 3.65. The quantitative estimate of drug-likeness (QED) is 0.0886. The number of aliphatic hydroxyl groups excluding tert-OH is 2. The first kappa shape index (κ1) is 27.6. The van der Waals surface area contributed by atoms with Crippen LogP contribution >= 0.6 is 23.5 Å². The molecule has 0 aliphatic carbocycles. The minimum atomic E-state index is -2.06. The van der Waals surface area contributed by atoms with E-state index >= 15 is 0 Å². The van der Waals surface area contributed by atoms with Crippen molar-refractivity contribution < 1.29 is 43.8 Å². The van der Waals surface area contributed by atoms with E-state index in [-0.39, 0.29) is 16.2 Å². The van der Waals surface area contributed by atoms with Gasteiger partial charge in [0, 0.05) is 0 Å². The monoisotopic (exact) mass is 537 g/mol. The van der Waals surface area contributed by atoms with Gasteiger partial charge in [0.15, 0.2) is 5.17 Å². The minimum Gasteiger partial charge on any atom is -0.391 e. The van der Waals surface area contributed by atoms with Gasteiger partial charge in [0.1, 0.15) is 0 Å². The zero-order valence-electron chi connectivity index (χ0n) is 17.7. The largest absolute Gasteiger partial charge is 0.391 e. The number of urea groups is 4. The summed E-state index contributed by atoms with van der Waals surface area (Å²) in [6.07, 6.45) is 0. The normalized spacial score (nSPS) is 26.9. The van der Waals surface area contributed by atoms with Crippen LogP contribution in [-0.2, 0) is 14.4 Å². The van der Waals surface area contributed by atoms with E-state index in [1.165, 1.54) is 11.9 Å². The number of nitrogens with one attached hydrogen (secondary N) is 8. The molecule has 3 aliphatic rings. The first-order chi connectivity index (χ1) is 16.4. The summed E-state index contributed by atoms with van der Waals surface area (Å²) in [6.45, 7) is -0.600. The lowest BCUT2D eigenvalue weighted by atomic mass is 10.2. The fourth-order valence-electron chi connectivity index (χ4n) is 2.53. The predicted octanol–water partition coefficient (Wildman–Crippen LogP) is -4.16. The van der Waals surface area contributed by atoms with Crippen LogP contribution in [0, 0.1) is 0 Å². The number of imide groups is 2. The molecule has 192 valence electrons. The Labute approximate surface area is 204 Å². The van der Waals surface area contributed by atoms with Crippen molar-refractivity contribution in [2.75, 3.05) is 19.9 Å². The van der Waals surface area contributed by atoms with E-state index in [0.717, 1.165) is 0 Å². The maximum atomic E-state index is 11.8. The van der Waals surface area contributed by atoms with Crippen molar-refractivity contribution in [2.24, 2.45) is 4.40 Å². The average molecular weight is 538 g/mol. The van der Waals surface area contributed by atoms with Crippen molar-refractivity contribution in [3.05, 3.63) is 0 Å². The third kappa shape index (κ3) is 6.47. The number of hydrogen-bond acceptors (Lipinski definition) is 11. The molecular formula is C15H20ClN9O9S. The van der Waals surface area contributed by atoms with Crippen LogP contribution in [0.1, 0.15) is 6.92 Å². The minimum absolute atomic E-state index is 0.0586. The lowest BCUT2D eigenvalue weighted by molar-refractivity contribution is -0.126. The smallest absolute Gasteiger partial charge is 0.323 e. The van der Waals surface area contributed by atoms with Gasteiger partial charge in [-0.3, -0.25) is 25.0 Å². The Morgan fingerprint density at radius 2 is 1.37 bits per heavy atom. The SMILES string of the molecule is CC1SN=C(Cl)C1=O.O=C(NCNC(=O)NC1(CO)NC(=O)NC1=O)NC1(CO)NC(=O)NC1=O. The van der Waals surface area contributed by atoms with E-state index in [1.54, 1.807) is 6.92 Å². The number of hydrogen-bond donors (Lipinski definition) is 10. The van der Waals surface area contributed by atoms with Crippen molar-refractivity contribution in [1.29, 1.82) is 0 Å². The Balaban J connectivity index is 0.000000456.